The van der Waals surface area contributed by atoms with Crippen molar-refractivity contribution in [2.24, 2.45) is 5.73 Å². The summed E-state index contributed by atoms with van der Waals surface area (Å²) in [5, 5.41) is 0. The predicted octanol–water partition coefficient (Wildman–Crippen LogP) is 14.8. The summed E-state index contributed by atoms with van der Waals surface area (Å²) < 4.78 is 32.8. The van der Waals surface area contributed by atoms with Crippen LogP contribution in [0.4, 0.5) is 0 Å². The van der Waals surface area contributed by atoms with Gasteiger partial charge in [0.2, 0.25) is 0 Å². The Morgan fingerprint density at radius 3 is 1.41 bits per heavy atom. The highest BCUT2D eigenvalue weighted by molar-refractivity contribution is 7.47. The lowest BCUT2D eigenvalue weighted by atomic mass is 10.0. The fourth-order valence-electron chi connectivity index (χ4n) is 6.66. The van der Waals surface area contributed by atoms with Crippen LogP contribution in [0.1, 0.15) is 219 Å². The van der Waals surface area contributed by atoms with Crippen LogP contribution in [0.5, 0.6) is 0 Å². The average Bonchev–Trinajstić information content (AvgIpc) is 3.25. The first-order chi connectivity index (χ1) is 29.8. The molecule has 0 aliphatic heterocycles. The van der Waals surface area contributed by atoms with Gasteiger partial charge in [-0.05, 0) is 83.5 Å². The summed E-state index contributed by atoms with van der Waals surface area (Å²) in [5.74, 6) is -0.902. The molecule has 0 saturated heterocycles. The first-order valence-electron chi connectivity index (χ1n) is 24.8. The number of nitrogens with two attached hydrogens (primary N) is 1. The van der Waals surface area contributed by atoms with E-state index in [4.69, 9.17) is 24.3 Å². The molecule has 0 aromatic carbocycles. The zero-order chi connectivity index (χ0) is 44.6. The van der Waals surface area contributed by atoms with E-state index < -0.39 is 32.5 Å². The van der Waals surface area contributed by atoms with Gasteiger partial charge in [-0.1, -0.05) is 184 Å². The Morgan fingerprint density at radius 2 is 0.885 bits per heavy atom. The van der Waals surface area contributed by atoms with Crippen molar-refractivity contribution in [1.82, 2.24) is 0 Å². The van der Waals surface area contributed by atoms with Crippen LogP contribution in [0.25, 0.3) is 0 Å². The highest BCUT2D eigenvalue weighted by atomic mass is 31.2. The molecule has 0 amide bonds. The fourth-order valence-corrected chi connectivity index (χ4v) is 7.43. The van der Waals surface area contributed by atoms with Crippen LogP contribution in [0, 0.1) is 0 Å². The van der Waals surface area contributed by atoms with E-state index in [1.54, 1.807) is 0 Å². The number of unbranched alkanes of at least 4 members (excludes halogenated alkanes) is 23. The van der Waals surface area contributed by atoms with Gasteiger partial charge in [-0.3, -0.25) is 18.6 Å². The maximum atomic E-state index is 12.6. The quantitative estimate of drug-likeness (QED) is 0.0265. The van der Waals surface area contributed by atoms with Crippen molar-refractivity contribution >= 4 is 19.8 Å². The number of phosphoric ester groups is 1. The molecule has 0 spiro atoms. The van der Waals surface area contributed by atoms with Crippen molar-refractivity contribution in [2.45, 2.75) is 225 Å². The molecule has 2 atom stereocenters. The van der Waals surface area contributed by atoms with Crippen LogP contribution >= 0.6 is 7.82 Å². The van der Waals surface area contributed by atoms with E-state index in [2.05, 4.69) is 74.6 Å². The molecule has 1 unspecified atom stereocenters. The van der Waals surface area contributed by atoms with Gasteiger partial charge in [-0.15, -0.1) is 0 Å². The second kappa shape index (κ2) is 47.2. The SMILES string of the molecule is CCCCC/C=C/C/C=C/C/C=C/CCCCCCC(=O)O[C@@H](COC(=O)CCC/C=C/CC/C=C/CCCCCCCCCCCCCCCC)COP(=O)(O)OCCN. The third-order valence-corrected chi connectivity index (χ3v) is 11.3. The van der Waals surface area contributed by atoms with Crippen LogP contribution < -0.4 is 5.73 Å². The Kier molecular flexibility index (Phi) is 45.4. The Morgan fingerprint density at radius 1 is 0.492 bits per heavy atom. The lowest BCUT2D eigenvalue weighted by Crippen LogP contribution is -2.29. The molecular formula is C51H92NO8P. The lowest BCUT2D eigenvalue weighted by molar-refractivity contribution is -0.161. The summed E-state index contributed by atoms with van der Waals surface area (Å²) in [4.78, 5) is 35.0. The standard InChI is InChI=1S/C51H92NO8P/c1-3-5-7-9-11-13-15-17-19-21-22-23-24-25-26-28-29-31-33-35-37-39-41-43-50(53)57-47-49(48-59-61(55,56)58-46-45-52)60-51(54)44-42-40-38-36-34-32-30-27-20-18-16-14-12-10-8-6-4-2/h12,14,18,20,28-30,32,35,37,49H,3-11,13,15-17,19,21-27,31,33-34,36,38-48,52H2,1-2H3,(H,55,56)/b14-12+,20-18+,29-28+,32-30+,37-35+/t49-/m0/s1. The number of carbonyl (C=O) groups is 2. The summed E-state index contributed by atoms with van der Waals surface area (Å²) in [7, 11) is -4.40. The van der Waals surface area contributed by atoms with E-state index in [9.17, 15) is 19.0 Å². The Labute approximate surface area is 374 Å². The zero-order valence-corrected chi connectivity index (χ0v) is 40.0. The summed E-state index contributed by atoms with van der Waals surface area (Å²) in [5.41, 5.74) is 5.36. The third-order valence-electron chi connectivity index (χ3n) is 10.4. The van der Waals surface area contributed by atoms with Crippen molar-refractivity contribution < 1.29 is 37.6 Å². The Hall–Kier alpha value is -2.29. The fraction of sp³-hybridized carbons (Fsp3) is 0.765. The Balaban J connectivity index is 4.15. The van der Waals surface area contributed by atoms with E-state index in [1.165, 1.54) is 116 Å². The summed E-state index contributed by atoms with van der Waals surface area (Å²) in [6.07, 6.45) is 57.0. The van der Waals surface area contributed by atoms with Crippen LogP contribution in [-0.2, 0) is 32.7 Å². The minimum Gasteiger partial charge on any atom is -0.462 e. The van der Waals surface area contributed by atoms with Crippen LogP contribution in [0.15, 0.2) is 60.8 Å². The summed E-state index contributed by atoms with van der Waals surface area (Å²) in [6, 6.07) is 0. The molecule has 9 nitrogen and oxygen atoms in total. The molecule has 0 saturated carbocycles. The molecule has 0 fully saturated rings. The number of hydrogen-bond donors (Lipinski definition) is 2. The summed E-state index contributed by atoms with van der Waals surface area (Å²) >= 11 is 0. The molecule has 0 aliphatic carbocycles. The summed E-state index contributed by atoms with van der Waals surface area (Å²) in [6.45, 7) is 3.65. The molecule has 10 heteroatoms. The first-order valence-corrected chi connectivity index (χ1v) is 26.3. The van der Waals surface area contributed by atoms with Crippen LogP contribution in [0.3, 0.4) is 0 Å². The van der Waals surface area contributed by atoms with Crippen molar-refractivity contribution in [3.8, 4) is 0 Å². The smallest absolute Gasteiger partial charge is 0.462 e. The molecule has 0 aromatic heterocycles. The van der Waals surface area contributed by atoms with Gasteiger partial charge < -0.3 is 20.1 Å². The maximum absolute atomic E-state index is 12.6. The minimum absolute atomic E-state index is 0.0424. The van der Waals surface area contributed by atoms with Crippen LogP contribution in [0.2, 0.25) is 0 Å². The molecule has 0 aliphatic rings. The number of esters is 2. The highest BCUT2D eigenvalue weighted by Crippen LogP contribution is 2.43. The monoisotopic (exact) mass is 878 g/mol. The molecule has 0 heterocycles. The van der Waals surface area contributed by atoms with E-state index >= 15 is 0 Å². The van der Waals surface area contributed by atoms with Gasteiger partial charge in [-0.25, -0.2) is 4.57 Å². The topological polar surface area (TPSA) is 134 Å². The molecule has 3 N–H and O–H groups in total. The maximum Gasteiger partial charge on any atom is 0.472 e. The lowest BCUT2D eigenvalue weighted by Gasteiger charge is -2.19. The predicted molar refractivity (Wildman–Crippen MR) is 256 cm³/mol. The Bertz CT molecular complexity index is 1180. The average molecular weight is 878 g/mol. The van der Waals surface area contributed by atoms with Gasteiger partial charge in [0, 0.05) is 19.4 Å². The van der Waals surface area contributed by atoms with Gasteiger partial charge in [-0.2, -0.15) is 0 Å². The molecule has 0 radical (unpaired) electrons. The molecule has 0 bridgehead atoms. The van der Waals surface area contributed by atoms with E-state index in [0.29, 0.717) is 12.8 Å². The normalized spacial score (nSPS) is 13.7. The number of allylic oxidation sites excluding steroid dienone is 10. The van der Waals surface area contributed by atoms with Gasteiger partial charge in [0.05, 0.1) is 13.2 Å². The minimum atomic E-state index is -4.40. The number of carbonyl (C=O) groups excluding carboxylic acids is 2. The van der Waals surface area contributed by atoms with E-state index in [1.807, 2.05) is 0 Å². The highest BCUT2D eigenvalue weighted by Gasteiger charge is 2.26. The number of rotatable bonds is 46. The van der Waals surface area contributed by atoms with Crippen molar-refractivity contribution in [3.05, 3.63) is 60.8 Å². The first kappa shape index (κ1) is 58.7. The van der Waals surface area contributed by atoms with E-state index in [0.717, 1.165) is 64.2 Å². The zero-order valence-electron chi connectivity index (χ0n) is 39.1. The number of hydrogen-bond acceptors (Lipinski definition) is 8. The van der Waals surface area contributed by atoms with Gasteiger partial charge >= 0.3 is 19.8 Å². The molecule has 0 aromatic rings. The number of phosphoric acid groups is 1. The van der Waals surface area contributed by atoms with Crippen molar-refractivity contribution in [3.63, 3.8) is 0 Å². The van der Waals surface area contributed by atoms with Crippen molar-refractivity contribution in [1.29, 1.82) is 0 Å². The van der Waals surface area contributed by atoms with Crippen molar-refractivity contribution in [2.75, 3.05) is 26.4 Å². The van der Waals surface area contributed by atoms with Crippen LogP contribution in [-0.4, -0.2) is 49.3 Å². The third kappa shape index (κ3) is 47.0. The largest absolute Gasteiger partial charge is 0.472 e. The van der Waals surface area contributed by atoms with Gasteiger partial charge in [0.1, 0.15) is 6.61 Å². The molecule has 0 rings (SSSR count). The second-order valence-electron chi connectivity index (χ2n) is 16.3. The molecular weight excluding hydrogens is 786 g/mol. The van der Waals surface area contributed by atoms with Gasteiger partial charge in [0.25, 0.3) is 0 Å². The number of ether oxygens (including phenoxy) is 2. The molecule has 61 heavy (non-hydrogen) atoms. The molecule has 354 valence electrons. The second-order valence-corrected chi connectivity index (χ2v) is 17.8. The van der Waals surface area contributed by atoms with E-state index in [-0.39, 0.29) is 32.6 Å². The van der Waals surface area contributed by atoms with Gasteiger partial charge in [0.15, 0.2) is 6.10 Å².